The van der Waals surface area contributed by atoms with Crippen LogP contribution in [0.25, 0.3) is 0 Å². The number of carboxylic acid groups (broad SMARTS) is 4. The molecule has 0 bridgehead atoms. The topological polar surface area (TPSA) is 247 Å². The lowest BCUT2D eigenvalue weighted by atomic mass is 9.61. The Balaban J connectivity index is 2.02. The van der Waals surface area contributed by atoms with Crippen LogP contribution in [0.1, 0.15) is 61.1 Å². The zero-order chi connectivity index (χ0) is 45.7. The Morgan fingerprint density at radius 3 is 1.56 bits per heavy atom. The number of terminal acetylenes is 1. The molecule has 0 radical (unpaired) electrons. The van der Waals surface area contributed by atoms with E-state index < -0.39 is 73.0 Å². The number of ether oxygens (including phenoxy) is 4. The highest BCUT2D eigenvalue weighted by molar-refractivity contribution is 6.39. The first kappa shape index (κ1) is 48.3. The SMILES string of the molecule is C#Cc1cc(N(CC(=O)O)CC(=O)O)c(OCCOCCN(CC(=O)O)CC(=O)O)cc1C1(O)c2cc(Cl)c(OC(C)=O)c(Cl)c2C(C)(C)c2c1cc(Cl)c(OC(C)=O)c2Cl. The molecule has 0 heterocycles. The van der Waals surface area contributed by atoms with Gasteiger partial charge in [0.05, 0.1) is 52.1 Å². The molecule has 0 fully saturated rings. The van der Waals surface area contributed by atoms with Crippen LogP contribution in [-0.2, 0) is 44.5 Å². The third-order valence-corrected chi connectivity index (χ3v) is 10.5. The Morgan fingerprint density at radius 2 is 1.15 bits per heavy atom. The van der Waals surface area contributed by atoms with Gasteiger partial charge in [-0.3, -0.25) is 33.7 Å². The molecule has 0 saturated heterocycles. The van der Waals surface area contributed by atoms with E-state index in [0.717, 1.165) is 23.6 Å². The largest absolute Gasteiger partial charge is 0.489 e. The Hall–Kier alpha value is -5.32. The molecule has 5 N–H and O–H groups in total. The highest BCUT2D eigenvalue weighted by atomic mass is 35.5. The van der Waals surface area contributed by atoms with Crippen LogP contribution in [0.4, 0.5) is 5.69 Å². The van der Waals surface area contributed by atoms with Gasteiger partial charge in [-0.1, -0.05) is 66.2 Å². The first-order chi connectivity index (χ1) is 28.4. The fourth-order valence-corrected chi connectivity index (χ4v) is 8.57. The van der Waals surface area contributed by atoms with Gasteiger partial charge in [-0.15, -0.1) is 6.42 Å². The Labute approximate surface area is 368 Å². The number of anilines is 1. The Bertz CT molecular complexity index is 2230. The molecule has 61 heavy (non-hydrogen) atoms. The number of benzene rings is 3. The van der Waals surface area contributed by atoms with Crippen molar-refractivity contribution in [2.24, 2.45) is 0 Å². The van der Waals surface area contributed by atoms with Gasteiger partial charge in [-0.05, 0) is 46.5 Å². The van der Waals surface area contributed by atoms with Crippen LogP contribution in [0.5, 0.6) is 17.2 Å². The molecule has 17 nitrogen and oxygen atoms in total. The first-order valence-electron chi connectivity index (χ1n) is 17.8. The number of carbonyl (C=O) groups excluding carboxylic acids is 2. The van der Waals surface area contributed by atoms with Crippen molar-refractivity contribution in [3.8, 4) is 29.6 Å². The van der Waals surface area contributed by atoms with Crippen LogP contribution >= 0.6 is 46.4 Å². The van der Waals surface area contributed by atoms with Crippen LogP contribution < -0.4 is 19.1 Å². The summed E-state index contributed by atoms with van der Waals surface area (Å²) in [5, 5.41) is 50.4. The van der Waals surface area contributed by atoms with Gasteiger partial charge in [-0.2, -0.15) is 0 Å². The summed E-state index contributed by atoms with van der Waals surface area (Å²) in [5.41, 5.74) is -4.07. The Kier molecular flexibility index (Phi) is 15.5. The zero-order valence-corrected chi connectivity index (χ0v) is 35.8. The van der Waals surface area contributed by atoms with Crippen molar-refractivity contribution in [3.05, 3.63) is 77.7 Å². The number of hydrogen-bond acceptors (Lipinski definition) is 13. The van der Waals surface area contributed by atoms with Crippen LogP contribution in [0.2, 0.25) is 20.1 Å². The van der Waals surface area contributed by atoms with E-state index in [2.05, 4.69) is 5.92 Å². The second kappa shape index (κ2) is 19.6. The number of esters is 2. The third kappa shape index (κ3) is 10.6. The lowest BCUT2D eigenvalue weighted by Crippen LogP contribution is -2.42. The van der Waals surface area contributed by atoms with E-state index in [0.29, 0.717) is 0 Å². The van der Waals surface area contributed by atoms with E-state index in [9.17, 15) is 44.1 Å². The number of nitrogens with zero attached hydrogens (tertiary/aromatic N) is 2. The van der Waals surface area contributed by atoms with Crippen LogP contribution in [0, 0.1) is 12.3 Å². The van der Waals surface area contributed by atoms with Gasteiger partial charge in [-0.25, -0.2) is 0 Å². The van der Waals surface area contributed by atoms with Gasteiger partial charge < -0.3 is 49.4 Å². The summed E-state index contributed by atoms with van der Waals surface area (Å²) in [7, 11) is 0. The minimum Gasteiger partial charge on any atom is -0.489 e. The molecule has 0 aromatic heterocycles. The summed E-state index contributed by atoms with van der Waals surface area (Å²) >= 11 is 27.4. The molecule has 0 saturated carbocycles. The third-order valence-electron chi connectivity index (χ3n) is 9.27. The molecule has 326 valence electrons. The van der Waals surface area contributed by atoms with E-state index in [4.69, 9.17) is 82.0 Å². The monoisotopic (exact) mass is 926 g/mol. The van der Waals surface area contributed by atoms with Gasteiger partial charge in [0.2, 0.25) is 0 Å². The molecule has 0 amide bonds. The molecule has 3 aromatic carbocycles. The normalized spacial score (nSPS) is 13.3. The highest BCUT2D eigenvalue weighted by Crippen LogP contribution is 2.60. The molecule has 0 unspecified atom stereocenters. The second-order valence-corrected chi connectivity index (χ2v) is 15.6. The van der Waals surface area contributed by atoms with Crippen LogP contribution in [0.15, 0.2) is 24.3 Å². The van der Waals surface area contributed by atoms with E-state index in [-0.39, 0.29) is 103 Å². The number of carboxylic acids is 4. The first-order valence-corrected chi connectivity index (χ1v) is 19.3. The molecule has 1 aliphatic carbocycles. The van der Waals surface area contributed by atoms with E-state index in [1.807, 2.05) is 0 Å². The molecule has 0 spiro atoms. The predicted octanol–water partition coefficient (Wildman–Crippen LogP) is 4.90. The number of aliphatic carboxylic acids is 4. The summed E-state index contributed by atoms with van der Waals surface area (Å²) in [6.07, 6.45) is 6.08. The smallest absolute Gasteiger partial charge is 0.323 e. The average Bonchev–Trinajstić information content (AvgIpc) is 3.13. The van der Waals surface area contributed by atoms with Gasteiger partial charge in [0.25, 0.3) is 0 Å². The number of fused-ring (bicyclic) bond motifs is 2. The maximum atomic E-state index is 13.5. The maximum Gasteiger partial charge on any atom is 0.323 e. The van der Waals surface area contributed by atoms with Crippen LogP contribution in [0.3, 0.4) is 0 Å². The Morgan fingerprint density at radius 1 is 0.689 bits per heavy atom. The molecule has 0 atom stereocenters. The fraction of sp³-hybridized carbons (Fsp3) is 0.350. The molecule has 3 aromatic rings. The summed E-state index contributed by atoms with van der Waals surface area (Å²) < 4.78 is 22.4. The van der Waals surface area contributed by atoms with Crippen molar-refractivity contribution in [1.82, 2.24) is 4.90 Å². The van der Waals surface area contributed by atoms with E-state index in [1.54, 1.807) is 13.8 Å². The highest BCUT2D eigenvalue weighted by Gasteiger charge is 2.52. The van der Waals surface area contributed by atoms with Crippen LogP contribution in [-0.4, -0.2) is 119 Å². The maximum absolute atomic E-state index is 13.5. The quantitative estimate of drug-likeness (QED) is 0.0464. The summed E-state index contributed by atoms with van der Waals surface area (Å²) in [5.74, 6) is -5.21. The van der Waals surface area contributed by atoms with Crippen molar-refractivity contribution in [3.63, 3.8) is 0 Å². The van der Waals surface area contributed by atoms with Crippen molar-refractivity contribution in [2.45, 2.75) is 38.7 Å². The average molecular weight is 929 g/mol. The summed E-state index contributed by atoms with van der Waals surface area (Å²) in [6.45, 7) is 1.94. The molecular weight excluding hydrogens is 890 g/mol. The van der Waals surface area contributed by atoms with Gasteiger partial charge in [0.1, 0.15) is 31.0 Å². The van der Waals surface area contributed by atoms with Gasteiger partial charge in [0, 0.05) is 36.9 Å². The number of aliphatic hydroxyl groups is 1. The number of hydrogen-bond donors (Lipinski definition) is 5. The van der Waals surface area contributed by atoms with E-state index in [1.165, 1.54) is 24.3 Å². The van der Waals surface area contributed by atoms with E-state index >= 15 is 0 Å². The summed E-state index contributed by atoms with van der Waals surface area (Å²) in [6, 6.07) is 5.03. The lowest BCUT2D eigenvalue weighted by molar-refractivity contribution is -0.142. The zero-order valence-electron chi connectivity index (χ0n) is 32.8. The fourth-order valence-electron chi connectivity index (χ4n) is 7.04. The van der Waals surface area contributed by atoms with Crippen molar-refractivity contribution in [1.29, 1.82) is 0 Å². The standard InChI is InChI=1S/C40H38Cl4N2O15/c1-6-21-11-27(46(17-31(53)54)18-32(55)56)28(59-10-9-58-8-7-45(15-29(49)50)16-30(51)52)14-22(21)40(57)23-12-25(41)37(60-19(2)47)35(43)33(23)39(4,5)34-24(40)13-26(42)38(36(34)44)61-20(3)48/h1,11-14,57H,7-10,15-18H2,2-5H3,(H,49,50)(H,51,52)(H,53,54)(H,55,56). The summed E-state index contributed by atoms with van der Waals surface area (Å²) in [4.78, 5) is 72.8. The number of rotatable bonds is 19. The minimum atomic E-state index is -2.48. The molecule has 4 rings (SSSR count). The number of halogens is 4. The van der Waals surface area contributed by atoms with Crippen molar-refractivity contribution in [2.75, 3.05) is 57.4 Å². The molecule has 21 heteroatoms. The van der Waals surface area contributed by atoms with Crippen molar-refractivity contribution >= 4 is 87.9 Å². The molecule has 0 aliphatic heterocycles. The van der Waals surface area contributed by atoms with Crippen molar-refractivity contribution < 1.29 is 73.2 Å². The lowest BCUT2D eigenvalue weighted by Gasteiger charge is -2.46. The molecule has 1 aliphatic rings. The molecular formula is C40H38Cl4N2O15. The van der Waals surface area contributed by atoms with Gasteiger partial charge >= 0.3 is 35.8 Å². The number of carbonyl (C=O) groups is 6. The minimum absolute atomic E-state index is 0.0259. The second-order valence-electron chi connectivity index (χ2n) is 14.0. The van der Waals surface area contributed by atoms with Gasteiger partial charge in [0.15, 0.2) is 11.5 Å². The predicted molar refractivity (Wildman–Crippen MR) is 220 cm³/mol.